The van der Waals surface area contributed by atoms with E-state index < -0.39 is 17.7 Å². The fourth-order valence-electron chi connectivity index (χ4n) is 6.02. The largest absolute Gasteiger partial charge is 0.494 e. The predicted molar refractivity (Wildman–Crippen MR) is 165 cm³/mol. The van der Waals surface area contributed by atoms with E-state index in [0.717, 1.165) is 23.2 Å². The molecule has 45 heavy (non-hydrogen) atoms. The molecular weight excluding hydrogens is 578 g/mol. The van der Waals surface area contributed by atoms with Gasteiger partial charge in [-0.15, -0.1) is 0 Å². The minimum atomic E-state index is -0.786. The number of rotatable bonds is 9. The monoisotopic (exact) mass is 610 g/mol. The van der Waals surface area contributed by atoms with Gasteiger partial charge in [0.15, 0.2) is 0 Å². The van der Waals surface area contributed by atoms with Gasteiger partial charge < -0.3 is 19.7 Å². The molecule has 5 aromatic rings. The number of aromatic nitrogens is 3. The second-order valence-electron chi connectivity index (χ2n) is 11.1. The molecular formula is C35H32F2N4O4. The van der Waals surface area contributed by atoms with Gasteiger partial charge in [-0.25, -0.2) is 18.6 Å². The maximum atomic E-state index is 15.8. The van der Waals surface area contributed by atoms with Crippen LogP contribution in [0.3, 0.4) is 0 Å². The van der Waals surface area contributed by atoms with Crippen molar-refractivity contribution in [2.45, 2.75) is 52.1 Å². The average Bonchev–Trinajstić information content (AvgIpc) is 3.63. The molecule has 2 N–H and O–H groups in total. The third kappa shape index (κ3) is 5.75. The number of ether oxygens (including phenoxy) is 1. The molecule has 0 saturated heterocycles. The zero-order valence-electron chi connectivity index (χ0n) is 24.9. The molecule has 1 aliphatic rings. The number of nitrogens with one attached hydrogen (secondary N) is 1. The molecule has 6 rings (SSSR count). The Labute approximate surface area is 258 Å². The van der Waals surface area contributed by atoms with Crippen LogP contribution in [0.25, 0.3) is 22.0 Å². The maximum Gasteiger partial charge on any atom is 0.340 e. The van der Waals surface area contributed by atoms with Crippen molar-refractivity contribution in [2.75, 3.05) is 6.61 Å². The summed E-state index contributed by atoms with van der Waals surface area (Å²) in [5, 5.41) is 14.6. The topological polar surface area (TPSA) is 106 Å². The van der Waals surface area contributed by atoms with E-state index >= 15 is 4.39 Å². The van der Waals surface area contributed by atoms with E-state index in [1.165, 1.54) is 24.3 Å². The van der Waals surface area contributed by atoms with Gasteiger partial charge in [-0.3, -0.25) is 9.78 Å². The Morgan fingerprint density at radius 1 is 1.07 bits per heavy atom. The summed E-state index contributed by atoms with van der Waals surface area (Å²) in [7, 11) is 0. The molecule has 230 valence electrons. The predicted octanol–water partition coefficient (Wildman–Crippen LogP) is 6.48. The Kier molecular flexibility index (Phi) is 8.30. The van der Waals surface area contributed by atoms with Gasteiger partial charge in [0.2, 0.25) is 5.88 Å². The summed E-state index contributed by atoms with van der Waals surface area (Å²) in [6.07, 6.45) is 5.51. The van der Waals surface area contributed by atoms with Gasteiger partial charge in [-0.1, -0.05) is 18.2 Å². The van der Waals surface area contributed by atoms with E-state index in [1.54, 1.807) is 61.1 Å². The zero-order chi connectivity index (χ0) is 31.7. The Morgan fingerprint density at radius 3 is 2.53 bits per heavy atom. The number of fused-ring (bicyclic) bond motifs is 3. The molecule has 0 fully saturated rings. The van der Waals surface area contributed by atoms with Crippen molar-refractivity contribution < 1.29 is 28.2 Å². The molecule has 10 heteroatoms. The average molecular weight is 611 g/mol. The summed E-state index contributed by atoms with van der Waals surface area (Å²) in [6, 6.07) is 13.4. The van der Waals surface area contributed by atoms with E-state index in [1.807, 2.05) is 0 Å². The number of benzene rings is 2. The number of pyridine rings is 2. The summed E-state index contributed by atoms with van der Waals surface area (Å²) >= 11 is 0. The lowest BCUT2D eigenvalue weighted by atomic mass is 9.92. The molecule has 0 aliphatic carbocycles. The van der Waals surface area contributed by atoms with Gasteiger partial charge >= 0.3 is 5.97 Å². The Bertz CT molecular complexity index is 1910. The second-order valence-corrected chi connectivity index (χ2v) is 11.1. The highest BCUT2D eigenvalue weighted by Gasteiger charge is 2.31. The van der Waals surface area contributed by atoms with Gasteiger partial charge in [0.25, 0.3) is 5.91 Å². The van der Waals surface area contributed by atoms with Crippen LogP contribution < -0.4 is 5.32 Å². The number of aryl methyl sites for hydroxylation is 3. The summed E-state index contributed by atoms with van der Waals surface area (Å²) < 4.78 is 36.6. The molecule has 0 bridgehead atoms. The van der Waals surface area contributed by atoms with Crippen LogP contribution in [0.5, 0.6) is 5.88 Å². The molecule has 1 atom stereocenters. The summed E-state index contributed by atoms with van der Waals surface area (Å²) in [6.45, 7) is 4.16. The molecule has 8 nitrogen and oxygen atoms in total. The number of nitrogens with zero attached hydrogens (tertiary/aromatic N) is 3. The molecule has 3 aromatic heterocycles. The third-order valence-electron chi connectivity index (χ3n) is 8.25. The summed E-state index contributed by atoms with van der Waals surface area (Å²) in [5.74, 6) is -2.44. The standard InChI is InChI=1S/C35H32F2N4O4/c1-3-45-35(44)30-27(13-8-21-6-10-24(36)11-7-21)40-32-28-5-4-18-41(28)34(43)31(32)29(30)23-9-12-25(26(37)19-23)33(42)39-20(2)22-14-16-38-17-15-22/h6-7,9-12,14-17,19-20,43H,3-5,8,13,18H2,1-2H3,(H,39,42)/t20-/m0/s1. The lowest BCUT2D eigenvalue weighted by Gasteiger charge is -2.17. The highest BCUT2D eigenvalue weighted by Crippen LogP contribution is 2.44. The smallest absolute Gasteiger partial charge is 0.340 e. The number of carbonyl (C=O) groups excluding carboxylic acids is 2. The number of hydrogen-bond donors (Lipinski definition) is 2. The van der Waals surface area contributed by atoms with Crippen LogP contribution in [-0.2, 0) is 30.5 Å². The first-order valence-corrected chi connectivity index (χ1v) is 15.0. The van der Waals surface area contributed by atoms with E-state index in [0.29, 0.717) is 53.5 Å². The lowest BCUT2D eigenvalue weighted by Crippen LogP contribution is -2.27. The number of halogens is 2. The Balaban J connectivity index is 1.47. The molecule has 1 amide bonds. The number of amides is 1. The van der Waals surface area contributed by atoms with E-state index in [4.69, 9.17) is 9.72 Å². The molecule has 1 aliphatic heterocycles. The second kappa shape index (κ2) is 12.5. The Hall–Kier alpha value is -5.12. The number of aromatic hydroxyl groups is 1. The number of carbonyl (C=O) groups is 2. The molecule has 0 unspecified atom stereocenters. The summed E-state index contributed by atoms with van der Waals surface area (Å²) in [5.41, 5.74) is 4.01. The highest BCUT2D eigenvalue weighted by molar-refractivity contribution is 6.11. The van der Waals surface area contributed by atoms with Crippen LogP contribution in [0.15, 0.2) is 67.0 Å². The van der Waals surface area contributed by atoms with Gasteiger partial charge in [-0.05, 0) is 92.6 Å². The molecule has 0 spiro atoms. The van der Waals surface area contributed by atoms with Crippen LogP contribution in [0.1, 0.15) is 69.5 Å². The molecule has 0 radical (unpaired) electrons. The van der Waals surface area contributed by atoms with E-state index in [2.05, 4.69) is 10.3 Å². The van der Waals surface area contributed by atoms with Crippen molar-refractivity contribution >= 4 is 22.8 Å². The number of hydrogen-bond acceptors (Lipinski definition) is 6. The fourth-order valence-corrected chi connectivity index (χ4v) is 6.02. The number of esters is 1. The van der Waals surface area contributed by atoms with E-state index in [-0.39, 0.29) is 35.5 Å². The van der Waals surface area contributed by atoms with Gasteiger partial charge in [-0.2, -0.15) is 0 Å². The van der Waals surface area contributed by atoms with Crippen molar-refractivity contribution in [3.8, 4) is 17.0 Å². The fraction of sp³-hybridized carbons (Fsp3) is 0.257. The van der Waals surface area contributed by atoms with Crippen LogP contribution in [0.2, 0.25) is 0 Å². The maximum absolute atomic E-state index is 15.8. The van der Waals surface area contributed by atoms with Crippen LogP contribution in [-0.4, -0.2) is 38.1 Å². The molecule has 2 aromatic carbocycles. The highest BCUT2D eigenvalue weighted by atomic mass is 19.1. The van der Waals surface area contributed by atoms with Crippen molar-refractivity contribution in [2.24, 2.45) is 0 Å². The summed E-state index contributed by atoms with van der Waals surface area (Å²) in [4.78, 5) is 35.6. The first-order chi connectivity index (χ1) is 21.8. The minimum absolute atomic E-state index is 0.0518. The van der Waals surface area contributed by atoms with Crippen LogP contribution in [0, 0.1) is 11.6 Å². The van der Waals surface area contributed by atoms with Crippen molar-refractivity contribution in [3.05, 3.63) is 112 Å². The third-order valence-corrected chi connectivity index (χ3v) is 8.25. The first kappa shape index (κ1) is 29.9. The van der Waals surface area contributed by atoms with Crippen molar-refractivity contribution in [3.63, 3.8) is 0 Å². The zero-order valence-corrected chi connectivity index (χ0v) is 24.9. The van der Waals surface area contributed by atoms with Crippen LogP contribution >= 0.6 is 0 Å². The minimum Gasteiger partial charge on any atom is -0.494 e. The molecule has 0 saturated carbocycles. The van der Waals surface area contributed by atoms with Crippen molar-refractivity contribution in [1.82, 2.24) is 19.9 Å². The van der Waals surface area contributed by atoms with Gasteiger partial charge in [0, 0.05) is 30.2 Å². The Morgan fingerprint density at radius 2 is 1.82 bits per heavy atom. The quantitative estimate of drug-likeness (QED) is 0.185. The van der Waals surface area contributed by atoms with Crippen molar-refractivity contribution in [1.29, 1.82) is 0 Å². The van der Waals surface area contributed by atoms with Gasteiger partial charge in [0.1, 0.15) is 11.6 Å². The first-order valence-electron chi connectivity index (χ1n) is 15.0. The normalized spacial score (nSPS) is 13.1. The van der Waals surface area contributed by atoms with Gasteiger partial charge in [0.05, 0.1) is 40.4 Å². The lowest BCUT2D eigenvalue weighted by molar-refractivity contribution is 0.0525. The SMILES string of the molecule is CCOC(=O)c1c(CCc2ccc(F)cc2)nc2c3n(c(O)c2c1-c1ccc(C(=O)N[C@@H](C)c2ccncc2)c(F)c1)CCC3. The van der Waals surface area contributed by atoms with E-state index in [9.17, 15) is 19.1 Å². The van der Waals surface area contributed by atoms with Crippen LogP contribution in [0.4, 0.5) is 8.78 Å². The molecule has 4 heterocycles.